The SMILES string of the molecule is Cc1ccccc1CS(=O)(=O)c1nc2cc(N)ccc2o1. The van der Waals surface area contributed by atoms with E-state index in [0.717, 1.165) is 11.1 Å². The van der Waals surface area contributed by atoms with Crippen molar-refractivity contribution in [3.8, 4) is 0 Å². The van der Waals surface area contributed by atoms with E-state index in [0.29, 0.717) is 16.8 Å². The normalized spacial score (nSPS) is 11.9. The van der Waals surface area contributed by atoms with Crippen LogP contribution in [0.3, 0.4) is 0 Å². The van der Waals surface area contributed by atoms with Gasteiger partial charge in [0.1, 0.15) is 5.52 Å². The molecule has 0 atom stereocenters. The first-order valence-electron chi connectivity index (χ1n) is 6.39. The van der Waals surface area contributed by atoms with E-state index in [2.05, 4.69) is 4.98 Å². The van der Waals surface area contributed by atoms with Crippen LogP contribution in [-0.2, 0) is 15.6 Å². The van der Waals surface area contributed by atoms with Gasteiger partial charge in [-0.25, -0.2) is 8.42 Å². The van der Waals surface area contributed by atoms with Crippen molar-refractivity contribution in [3.05, 3.63) is 53.6 Å². The number of hydrogen-bond acceptors (Lipinski definition) is 5. The predicted octanol–water partition coefficient (Wildman–Crippen LogP) is 2.69. The molecule has 1 aromatic heterocycles. The lowest BCUT2D eigenvalue weighted by molar-refractivity contribution is 0.458. The third kappa shape index (κ3) is 2.62. The van der Waals surface area contributed by atoms with Gasteiger partial charge in [-0.15, -0.1) is 0 Å². The van der Waals surface area contributed by atoms with E-state index in [1.165, 1.54) is 0 Å². The molecule has 0 bridgehead atoms. The van der Waals surface area contributed by atoms with Crippen molar-refractivity contribution < 1.29 is 12.8 Å². The summed E-state index contributed by atoms with van der Waals surface area (Å²) in [6, 6.07) is 12.2. The van der Waals surface area contributed by atoms with Gasteiger partial charge in [-0.05, 0) is 36.2 Å². The summed E-state index contributed by atoms with van der Waals surface area (Å²) in [5, 5.41) is -0.272. The summed E-state index contributed by atoms with van der Waals surface area (Å²) in [5.41, 5.74) is 8.67. The molecule has 0 fully saturated rings. The van der Waals surface area contributed by atoms with Crippen molar-refractivity contribution in [3.63, 3.8) is 0 Å². The Kier molecular flexibility index (Phi) is 3.17. The van der Waals surface area contributed by atoms with Crippen molar-refractivity contribution >= 4 is 26.6 Å². The molecule has 0 aliphatic carbocycles. The summed E-state index contributed by atoms with van der Waals surface area (Å²) in [4.78, 5) is 4.04. The average Bonchev–Trinajstić information content (AvgIpc) is 2.85. The molecule has 6 heteroatoms. The lowest BCUT2D eigenvalue weighted by Crippen LogP contribution is -2.06. The van der Waals surface area contributed by atoms with Crippen LogP contribution in [0, 0.1) is 6.92 Å². The predicted molar refractivity (Wildman–Crippen MR) is 80.5 cm³/mol. The number of hydrogen-bond donors (Lipinski definition) is 1. The van der Waals surface area contributed by atoms with E-state index in [4.69, 9.17) is 10.2 Å². The summed E-state index contributed by atoms with van der Waals surface area (Å²) in [5.74, 6) is -0.137. The Morgan fingerprint density at radius 1 is 1.19 bits per heavy atom. The minimum Gasteiger partial charge on any atom is -0.428 e. The summed E-state index contributed by atoms with van der Waals surface area (Å²) in [7, 11) is -3.63. The number of sulfone groups is 1. The molecule has 0 aliphatic rings. The van der Waals surface area contributed by atoms with Crippen LogP contribution in [0.4, 0.5) is 5.69 Å². The first kappa shape index (κ1) is 13.6. The monoisotopic (exact) mass is 302 g/mol. The molecule has 5 nitrogen and oxygen atoms in total. The van der Waals surface area contributed by atoms with E-state index >= 15 is 0 Å². The van der Waals surface area contributed by atoms with Gasteiger partial charge in [-0.1, -0.05) is 24.3 Å². The number of benzene rings is 2. The van der Waals surface area contributed by atoms with Crippen LogP contribution >= 0.6 is 0 Å². The van der Waals surface area contributed by atoms with Gasteiger partial charge in [-0.2, -0.15) is 4.98 Å². The highest BCUT2D eigenvalue weighted by atomic mass is 32.2. The second kappa shape index (κ2) is 4.89. The molecular formula is C15H14N2O3S. The molecule has 2 aromatic carbocycles. The van der Waals surface area contributed by atoms with Gasteiger partial charge in [-0.3, -0.25) is 0 Å². The van der Waals surface area contributed by atoms with E-state index in [9.17, 15) is 8.42 Å². The fourth-order valence-corrected chi connectivity index (χ4v) is 3.41. The minimum atomic E-state index is -3.63. The molecule has 108 valence electrons. The number of nitrogens with zero attached hydrogens (tertiary/aromatic N) is 1. The van der Waals surface area contributed by atoms with Gasteiger partial charge in [0, 0.05) is 5.69 Å². The number of nitrogens with two attached hydrogens (primary N) is 1. The van der Waals surface area contributed by atoms with Crippen LogP contribution in [-0.4, -0.2) is 13.4 Å². The summed E-state index contributed by atoms with van der Waals surface area (Å²) >= 11 is 0. The Bertz CT molecular complexity index is 914. The Hall–Kier alpha value is -2.34. The molecule has 3 rings (SSSR count). The summed E-state index contributed by atoms with van der Waals surface area (Å²) in [6.45, 7) is 1.87. The molecule has 3 aromatic rings. The highest BCUT2D eigenvalue weighted by molar-refractivity contribution is 7.90. The van der Waals surface area contributed by atoms with Crippen LogP contribution in [0.15, 0.2) is 52.1 Å². The second-order valence-electron chi connectivity index (χ2n) is 4.89. The first-order chi connectivity index (χ1) is 9.95. The molecule has 0 aliphatic heterocycles. The maximum atomic E-state index is 12.4. The maximum absolute atomic E-state index is 12.4. The van der Waals surface area contributed by atoms with Gasteiger partial charge >= 0.3 is 5.22 Å². The Labute approximate surface area is 122 Å². The fraction of sp³-hybridized carbons (Fsp3) is 0.133. The Morgan fingerprint density at radius 3 is 2.71 bits per heavy atom. The zero-order chi connectivity index (χ0) is 15.0. The van der Waals surface area contributed by atoms with Crippen LogP contribution < -0.4 is 5.73 Å². The maximum Gasteiger partial charge on any atom is 0.316 e. The molecule has 0 unspecified atom stereocenters. The van der Waals surface area contributed by atoms with Gasteiger partial charge < -0.3 is 10.2 Å². The minimum absolute atomic E-state index is 0.137. The number of fused-ring (bicyclic) bond motifs is 1. The standard InChI is InChI=1S/C15H14N2O3S/c1-10-4-2-3-5-11(10)9-21(18,19)15-17-13-8-12(16)6-7-14(13)20-15/h2-8H,9,16H2,1H3. The first-order valence-corrected chi connectivity index (χ1v) is 8.04. The molecule has 0 saturated heterocycles. The second-order valence-corrected chi connectivity index (χ2v) is 6.76. The van der Waals surface area contributed by atoms with Crippen molar-refractivity contribution in [1.29, 1.82) is 0 Å². The topological polar surface area (TPSA) is 86.2 Å². The van der Waals surface area contributed by atoms with Crippen molar-refractivity contribution in [2.45, 2.75) is 17.9 Å². The van der Waals surface area contributed by atoms with Gasteiger partial charge in [0.05, 0.1) is 5.75 Å². The molecule has 0 spiro atoms. The molecular weight excluding hydrogens is 288 g/mol. The van der Waals surface area contributed by atoms with Crippen molar-refractivity contribution in [2.24, 2.45) is 0 Å². The van der Waals surface area contributed by atoms with Crippen LogP contribution in [0.2, 0.25) is 0 Å². The van der Waals surface area contributed by atoms with Crippen molar-refractivity contribution in [1.82, 2.24) is 4.98 Å². The van der Waals surface area contributed by atoms with Crippen molar-refractivity contribution in [2.75, 3.05) is 5.73 Å². The largest absolute Gasteiger partial charge is 0.428 e. The fourth-order valence-electron chi connectivity index (χ4n) is 2.09. The number of nitrogen functional groups attached to an aromatic ring is 1. The van der Waals surface area contributed by atoms with Crippen LogP contribution in [0.25, 0.3) is 11.1 Å². The number of rotatable bonds is 3. The third-order valence-electron chi connectivity index (χ3n) is 3.26. The molecule has 2 N–H and O–H groups in total. The van der Waals surface area contributed by atoms with Gasteiger partial charge in [0.25, 0.3) is 0 Å². The highest BCUT2D eigenvalue weighted by Crippen LogP contribution is 2.24. The molecule has 21 heavy (non-hydrogen) atoms. The zero-order valence-electron chi connectivity index (χ0n) is 11.4. The molecule has 1 heterocycles. The van der Waals surface area contributed by atoms with E-state index in [1.54, 1.807) is 24.3 Å². The summed E-state index contributed by atoms with van der Waals surface area (Å²) < 4.78 is 30.2. The van der Waals surface area contributed by atoms with Gasteiger partial charge in [0.2, 0.25) is 9.84 Å². The Balaban J connectivity index is 2.02. The third-order valence-corrected chi connectivity index (χ3v) is 4.66. The van der Waals surface area contributed by atoms with E-state index < -0.39 is 9.84 Å². The quantitative estimate of drug-likeness (QED) is 0.752. The number of anilines is 1. The van der Waals surface area contributed by atoms with Gasteiger partial charge in [0.15, 0.2) is 5.58 Å². The summed E-state index contributed by atoms with van der Waals surface area (Å²) in [6.07, 6.45) is 0. The zero-order valence-corrected chi connectivity index (χ0v) is 12.2. The smallest absolute Gasteiger partial charge is 0.316 e. The number of aromatic nitrogens is 1. The lowest BCUT2D eigenvalue weighted by atomic mass is 10.1. The molecule has 0 amide bonds. The van der Waals surface area contributed by atoms with E-state index in [-0.39, 0.29) is 11.0 Å². The van der Waals surface area contributed by atoms with Crippen LogP contribution in [0.5, 0.6) is 0 Å². The van der Waals surface area contributed by atoms with E-state index in [1.807, 2.05) is 25.1 Å². The molecule has 0 radical (unpaired) electrons. The van der Waals surface area contributed by atoms with Crippen LogP contribution in [0.1, 0.15) is 11.1 Å². The highest BCUT2D eigenvalue weighted by Gasteiger charge is 2.23. The Morgan fingerprint density at radius 2 is 1.95 bits per heavy atom. The number of aryl methyl sites for hydroxylation is 1. The molecule has 0 saturated carbocycles. The number of oxazole rings is 1. The lowest BCUT2D eigenvalue weighted by Gasteiger charge is -2.03. The average molecular weight is 302 g/mol.